The van der Waals surface area contributed by atoms with Crippen molar-refractivity contribution in [2.45, 2.75) is 32.7 Å². The van der Waals surface area contributed by atoms with Crippen LogP contribution in [-0.4, -0.2) is 47.9 Å². The van der Waals surface area contributed by atoms with Crippen molar-refractivity contribution in [3.63, 3.8) is 0 Å². The van der Waals surface area contributed by atoms with E-state index in [9.17, 15) is 0 Å². The highest BCUT2D eigenvalue weighted by Crippen LogP contribution is 2.12. The number of morpholine rings is 1. The molecular formula is C13H24N4O2. The highest BCUT2D eigenvalue weighted by molar-refractivity contribution is 4.94. The molecule has 1 aliphatic rings. The van der Waals surface area contributed by atoms with Crippen LogP contribution in [0.2, 0.25) is 0 Å². The molecular weight excluding hydrogens is 244 g/mol. The number of hydrogen-bond donors (Lipinski definition) is 1. The third-order valence-corrected chi connectivity index (χ3v) is 3.31. The average molecular weight is 268 g/mol. The maximum absolute atomic E-state index is 6.13. The average Bonchev–Trinajstić information content (AvgIpc) is 2.86. The van der Waals surface area contributed by atoms with Gasteiger partial charge in [0.2, 0.25) is 5.89 Å². The van der Waals surface area contributed by atoms with Crippen molar-refractivity contribution in [1.82, 2.24) is 15.0 Å². The molecule has 19 heavy (non-hydrogen) atoms. The second-order valence-electron chi connectivity index (χ2n) is 5.50. The molecule has 2 N–H and O–H groups in total. The third kappa shape index (κ3) is 4.56. The summed E-state index contributed by atoms with van der Waals surface area (Å²) in [5.41, 5.74) is 6.13. The van der Waals surface area contributed by atoms with Crippen molar-refractivity contribution in [2.24, 2.45) is 11.7 Å². The second kappa shape index (κ2) is 6.98. The summed E-state index contributed by atoms with van der Waals surface area (Å²) in [4.78, 5) is 6.66. The number of nitrogens with zero attached hydrogens (tertiary/aromatic N) is 3. The summed E-state index contributed by atoms with van der Waals surface area (Å²) in [5, 5.41) is 3.99. The van der Waals surface area contributed by atoms with E-state index in [1.54, 1.807) is 0 Å². The van der Waals surface area contributed by atoms with Gasteiger partial charge in [0.25, 0.3) is 0 Å². The van der Waals surface area contributed by atoms with Crippen LogP contribution in [0.1, 0.15) is 38.0 Å². The van der Waals surface area contributed by atoms with Crippen molar-refractivity contribution in [3.8, 4) is 0 Å². The first kappa shape index (κ1) is 14.4. The standard InChI is InChI=1S/C13H24N4O2/c1-10(2)3-4-12-15-13(16-19-12)11(14)9-17-5-7-18-8-6-17/h10-11H,3-9,14H2,1-2H3. The molecule has 2 rings (SSSR count). The van der Waals surface area contributed by atoms with Crippen molar-refractivity contribution in [3.05, 3.63) is 11.7 Å². The van der Waals surface area contributed by atoms with Crippen molar-refractivity contribution in [2.75, 3.05) is 32.8 Å². The van der Waals surface area contributed by atoms with Gasteiger partial charge in [-0.05, 0) is 12.3 Å². The van der Waals surface area contributed by atoms with Crippen LogP contribution in [0.3, 0.4) is 0 Å². The summed E-state index contributed by atoms with van der Waals surface area (Å²) in [7, 11) is 0. The minimum Gasteiger partial charge on any atom is -0.379 e. The van der Waals surface area contributed by atoms with Gasteiger partial charge in [0.05, 0.1) is 19.3 Å². The Labute approximate surface area is 114 Å². The van der Waals surface area contributed by atoms with Gasteiger partial charge in [0.1, 0.15) is 0 Å². The van der Waals surface area contributed by atoms with Crippen LogP contribution in [0.4, 0.5) is 0 Å². The summed E-state index contributed by atoms with van der Waals surface area (Å²) in [6, 6.07) is -0.186. The van der Waals surface area contributed by atoms with Crippen LogP contribution in [0.5, 0.6) is 0 Å². The van der Waals surface area contributed by atoms with Gasteiger partial charge in [-0.2, -0.15) is 4.98 Å². The highest BCUT2D eigenvalue weighted by atomic mass is 16.5. The Hall–Kier alpha value is -0.980. The molecule has 0 saturated carbocycles. The fraction of sp³-hybridized carbons (Fsp3) is 0.846. The summed E-state index contributed by atoms with van der Waals surface area (Å²) in [5.74, 6) is 1.95. The number of nitrogens with two attached hydrogens (primary N) is 1. The zero-order valence-electron chi connectivity index (χ0n) is 11.8. The molecule has 1 fully saturated rings. The first-order valence-corrected chi connectivity index (χ1v) is 7.03. The van der Waals surface area contributed by atoms with Gasteiger partial charge >= 0.3 is 0 Å². The van der Waals surface area contributed by atoms with Crippen LogP contribution in [0, 0.1) is 5.92 Å². The van der Waals surface area contributed by atoms with Crippen LogP contribution < -0.4 is 5.73 Å². The van der Waals surface area contributed by atoms with E-state index < -0.39 is 0 Å². The van der Waals surface area contributed by atoms with E-state index in [0.717, 1.165) is 45.7 Å². The lowest BCUT2D eigenvalue weighted by molar-refractivity contribution is 0.0348. The monoisotopic (exact) mass is 268 g/mol. The zero-order valence-corrected chi connectivity index (χ0v) is 11.8. The second-order valence-corrected chi connectivity index (χ2v) is 5.50. The molecule has 108 valence electrons. The fourth-order valence-electron chi connectivity index (χ4n) is 2.08. The molecule has 0 aromatic carbocycles. The third-order valence-electron chi connectivity index (χ3n) is 3.31. The van der Waals surface area contributed by atoms with Gasteiger partial charge < -0.3 is 15.0 Å². The van der Waals surface area contributed by atoms with Gasteiger partial charge in [-0.25, -0.2) is 0 Å². The summed E-state index contributed by atoms with van der Waals surface area (Å²) < 4.78 is 10.6. The van der Waals surface area contributed by atoms with E-state index >= 15 is 0 Å². The number of aromatic nitrogens is 2. The summed E-state index contributed by atoms with van der Waals surface area (Å²) in [6.45, 7) is 8.52. The van der Waals surface area contributed by atoms with Crippen molar-refractivity contribution in [1.29, 1.82) is 0 Å². The van der Waals surface area contributed by atoms with E-state index in [2.05, 4.69) is 28.9 Å². The quantitative estimate of drug-likeness (QED) is 0.829. The molecule has 1 aromatic rings. The van der Waals surface area contributed by atoms with Crippen LogP contribution >= 0.6 is 0 Å². The molecule has 1 aromatic heterocycles. The van der Waals surface area contributed by atoms with Crippen LogP contribution in [0.15, 0.2) is 4.52 Å². The van der Waals surface area contributed by atoms with Gasteiger partial charge in [0, 0.05) is 26.1 Å². The Bertz CT molecular complexity index is 374. The normalized spacial score (nSPS) is 18.9. The molecule has 0 amide bonds. The van der Waals surface area contributed by atoms with Crippen LogP contribution in [-0.2, 0) is 11.2 Å². The molecule has 6 heteroatoms. The van der Waals surface area contributed by atoms with E-state index in [1.165, 1.54) is 0 Å². The van der Waals surface area contributed by atoms with E-state index in [4.69, 9.17) is 15.0 Å². The maximum Gasteiger partial charge on any atom is 0.226 e. The predicted molar refractivity (Wildman–Crippen MR) is 71.6 cm³/mol. The SMILES string of the molecule is CC(C)CCc1nc(C(N)CN2CCOCC2)no1. The zero-order chi connectivity index (χ0) is 13.7. The van der Waals surface area contributed by atoms with Gasteiger partial charge in [-0.3, -0.25) is 4.90 Å². The molecule has 1 atom stereocenters. The first-order chi connectivity index (χ1) is 9.15. The topological polar surface area (TPSA) is 77.4 Å². The Balaban J connectivity index is 1.82. The Morgan fingerprint density at radius 2 is 2.05 bits per heavy atom. The van der Waals surface area contributed by atoms with E-state index in [0.29, 0.717) is 17.6 Å². The number of ether oxygens (including phenoxy) is 1. The van der Waals surface area contributed by atoms with Gasteiger partial charge in [-0.15, -0.1) is 0 Å². The van der Waals surface area contributed by atoms with Gasteiger partial charge in [-0.1, -0.05) is 19.0 Å². The number of rotatable bonds is 6. The molecule has 1 saturated heterocycles. The Kier molecular flexibility index (Phi) is 5.30. The lowest BCUT2D eigenvalue weighted by atomic mass is 10.1. The van der Waals surface area contributed by atoms with E-state index in [-0.39, 0.29) is 6.04 Å². The molecule has 1 unspecified atom stereocenters. The van der Waals surface area contributed by atoms with E-state index in [1.807, 2.05) is 0 Å². The minimum absolute atomic E-state index is 0.186. The predicted octanol–water partition coefficient (Wildman–Crippen LogP) is 0.990. The number of hydrogen-bond acceptors (Lipinski definition) is 6. The van der Waals surface area contributed by atoms with Crippen molar-refractivity contribution >= 4 is 0 Å². The largest absolute Gasteiger partial charge is 0.379 e. The van der Waals surface area contributed by atoms with Crippen LogP contribution in [0.25, 0.3) is 0 Å². The van der Waals surface area contributed by atoms with Crippen molar-refractivity contribution < 1.29 is 9.26 Å². The highest BCUT2D eigenvalue weighted by Gasteiger charge is 2.19. The fourth-order valence-corrected chi connectivity index (χ4v) is 2.08. The lowest BCUT2D eigenvalue weighted by Gasteiger charge is -2.27. The summed E-state index contributed by atoms with van der Waals surface area (Å²) >= 11 is 0. The van der Waals surface area contributed by atoms with Gasteiger partial charge in [0.15, 0.2) is 5.82 Å². The maximum atomic E-state index is 6.13. The molecule has 1 aliphatic heterocycles. The lowest BCUT2D eigenvalue weighted by Crippen LogP contribution is -2.40. The molecule has 2 heterocycles. The Morgan fingerprint density at radius 3 is 2.74 bits per heavy atom. The Morgan fingerprint density at radius 1 is 1.32 bits per heavy atom. The molecule has 0 spiro atoms. The molecule has 0 radical (unpaired) electrons. The summed E-state index contributed by atoms with van der Waals surface area (Å²) in [6.07, 6.45) is 1.88. The first-order valence-electron chi connectivity index (χ1n) is 7.03. The smallest absolute Gasteiger partial charge is 0.226 e. The molecule has 6 nitrogen and oxygen atoms in total. The molecule has 0 bridgehead atoms. The molecule has 0 aliphatic carbocycles. The number of aryl methyl sites for hydroxylation is 1. The minimum atomic E-state index is -0.186.